The van der Waals surface area contributed by atoms with Crippen molar-refractivity contribution in [2.75, 3.05) is 10.6 Å². The molecule has 1 aromatic carbocycles. The van der Waals surface area contributed by atoms with Gasteiger partial charge in [-0.2, -0.15) is 4.90 Å². The molecule has 140 valence electrons. The van der Waals surface area contributed by atoms with Gasteiger partial charge in [0.2, 0.25) is 0 Å². The van der Waals surface area contributed by atoms with Gasteiger partial charge in [-0.15, -0.1) is 0 Å². The van der Waals surface area contributed by atoms with Crippen molar-refractivity contribution in [2.24, 2.45) is 0 Å². The number of aromatic nitrogens is 1. The van der Waals surface area contributed by atoms with Crippen LogP contribution >= 0.6 is 0 Å². The van der Waals surface area contributed by atoms with Gasteiger partial charge in [-0.25, -0.2) is 14.6 Å². The molecule has 26 heavy (non-hydrogen) atoms. The molecule has 0 atom stereocenters. The summed E-state index contributed by atoms with van der Waals surface area (Å²) in [5.74, 6) is 0.116. The molecule has 7 heteroatoms. The van der Waals surface area contributed by atoms with Crippen molar-refractivity contribution in [3.63, 3.8) is 0 Å². The second kappa shape index (κ2) is 6.82. The average molecular weight is 359 g/mol. The Morgan fingerprint density at radius 3 is 1.96 bits per heavy atom. The smallest absolute Gasteiger partial charge is 0.425 e. The Hall–Kier alpha value is -2.83. The monoisotopic (exact) mass is 359 g/mol. The van der Waals surface area contributed by atoms with E-state index >= 15 is 0 Å². The molecule has 0 aliphatic heterocycles. The molecule has 0 unspecified atom stereocenters. The number of anilines is 2. The van der Waals surface area contributed by atoms with Gasteiger partial charge in [0.05, 0.1) is 5.52 Å². The highest BCUT2D eigenvalue weighted by atomic mass is 16.6. The van der Waals surface area contributed by atoms with Gasteiger partial charge < -0.3 is 15.2 Å². The maximum atomic E-state index is 12.6. The van der Waals surface area contributed by atoms with E-state index in [1.165, 1.54) is 0 Å². The van der Waals surface area contributed by atoms with Crippen molar-refractivity contribution < 1.29 is 19.1 Å². The van der Waals surface area contributed by atoms with Crippen LogP contribution in [0.25, 0.3) is 10.9 Å². The number of nitrogen functional groups attached to an aromatic ring is 1. The van der Waals surface area contributed by atoms with Crippen LogP contribution < -0.4 is 10.6 Å². The first-order valence-corrected chi connectivity index (χ1v) is 8.28. The van der Waals surface area contributed by atoms with Gasteiger partial charge in [-0.05, 0) is 71.9 Å². The van der Waals surface area contributed by atoms with Gasteiger partial charge in [0.1, 0.15) is 17.0 Å². The van der Waals surface area contributed by atoms with Crippen LogP contribution in [-0.4, -0.2) is 28.4 Å². The minimum atomic E-state index is -0.853. The number of benzene rings is 1. The number of ether oxygens (including phenoxy) is 2. The first-order valence-electron chi connectivity index (χ1n) is 8.28. The van der Waals surface area contributed by atoms with Crippen LogP contribution in [0.4, 0.5) is 21.1 Å². The fourth-order valence-electron chi connectivity index (χ4n) is 2.13. The van der Waals surface area contributed by atoms with E-state index in [4.69, 9.17) is 15.2 Å². The summed E-state index contributed by atoms with van der Waals surface area (Å²) in [4.78, 5) is 30.4. The summed E-state index contributed by atoms with van der Waals surface area (Å²) >= 11 is 0. The highest BCUT2D eigenvalue weighted by Gasteiger charge is 2.33. The first-order chi connectivity index (χ1) is 11.9. The molecule has 1 heterocycles. The summed E-state index contributed by atoms with van der Waals surface area (Å²) in [6.07, 6.45) is -1.71. The van der Waals surface area contributed by atoms with Crippen LogP contribution in [0.2, 0.25) is 0 Å². The summed E-state index contributed by atoms with van der Waals surface area (Å²) in [6.45, 7) is 10.3. The van der Waals surface area contributed by atoms with Gasteiger partial charge in [-0.3, -0.25) is 0 Å². The van der Waals surface area contributed by atoms with Gasteiger partial charge in [0.25, 0.3) is 0 Å². The zero-order valence-corrected chi connectivity index (χ0v) is 16.0. The molecule has 0 bridgehead atoms. The second-order valence-corrected chi connectivity index (χ2v) is 7.92. The highest BCUT2D eigenvalue weighted by Crippen LogP contribution is 2.24. The molecule has 0 saturated heterocycles. The van der Waals surface area contributed by atoms with E-state index in [1.807, 2.05) is 0 Å². The number of rotatable bonds is 1. The number of hydrogen-bond donors (Lipinski definition) is 1. The SMILES string of the molecule is CC(C)(C)OC(=O)N(C(=O)OC(C)(C)C)c1ccc2cc(N)ccc2n1. The Morgan fingerprint density at radius 1 is 0.923 bits per heavy atom. The van der Waals surface area contributed by atoms with Crippen molar-refractivity contribution >= 4 is 34.6 Å². The van der Waals surface area contributed by atoms with E-state index in [9.17, 15) is 9.59 Å². The number of pyridine rings is 1. The number of imide groups is 1. The minimum Gasteiger partial charge on any atom is -0.443 e. The lowest BCUT2D eigenvalue weighted by molar-refractivity contribution is 0.0429. The Labute approximate surface area is 153 Å². The summed E-state index contributed by atoms with van der Waals surface area (Å²) in [7, 11) is 0. The molecule has 1 aromatic heterocycles. The zero-order valence-electron chi connectivity index (χ0n) is 16.0. The Morgan fingerprint density at radius 2 is 1.46 bits per heavy atom. The fraction of sp³-hybridized carbons (Fsp3) is 0.421. The molecule has 0 aliphatic carbocycles. The lowest BCUT2D eigenvalue weighted by atomic mass is 10.2. The molecular weight excluding hydrogens is 334 g/mol. The predicted molar refractivity (Wildman–Crippen MR) is 101 cm³/mol. The van der Waals surface area contributed by atoms with Gasteiger partial charge in [-0.1, -0.05) is 0 Å². The molecule has 2 N–H and O–H groups in total. The second-order valence-electron chi connectivity index (χ2n) is 7.92. The Kier molecular flexibility index (Phi) is 5.11. The maximum Gasteiger partial charge on any atom is 0.425 e. The van der Waals surface area contributed by atoms with Gasteiger partial charge in [0.15, 0.2) is 0 Å². The molecule has 0 spiro atoms. The van der Waals surface area contributed by atoms with Crippen LogP contribution in [-0.2, 0) is 9.47 Å². The molecule has 2 amide bonds. The molecule has 0 fully saturated rings. The third-order valence-electron chi connectivity index (χ3n) is 3.08. The minimum absolute atomic E-state index is 0.116. The van der Waals surface area contributed by atoms with Crippen LogP contribution in [0.3, 0.4) is 0 Å². The lowest BCUT2D eigenvalue weighted by Crippen LogP contribution is -2.44. The molecular formula is C19H25N3O4. The summed E-state index contributed by atoms with van der Waals surface area (Å²) in [5, 5.41) is 0.794. The van der Waals surface area contributed by atoms with Crippen LogP contribution in [0.1, 0.15) is 41.5 Å². The van der Waals surface area contributed by atoms with Crippen LogP contribution in [0.15, 0.2) is 30.3 Å². The number of nitrogens with zero attached hydrogens (tertiary/aromatic N) is 2. The zero-order chi connectivity index (χ0) is 19.7. The molecule has 0 radical (unpaired) electrons. The van der Waals surface area contributed by atoms with Gasteiger partial charge in [0, 0.05) is 11.1 Å². The van der Waals surface area contributed by atoms with Crippen molar-refractivity contribution in [1.29, 1.82) is 0 Å². The number of hydrogen-bond acceptors (Lipinski definition) is 6. The summed E-state index contributed by atoms with van der Waals surface area (Å²) in [5.41, 5.74) is 5.41. The third kappa shape index (κ3) is 5.08. The van der Waals surface area contributed by atoms with Crippen molar-refractivity contribution in [2.45, 2.75) is 52.7 Å². The average Bonchev–Trinajstić information content (AvgIpc) is 2.43. The third-order valence-corrected chi connectivity index (χ3v) is 3.08. The topological polar surface area (TPSA) is 94.8 Å². The maximum absolute atomic E-state index is 12.6. The van der Waals surface area contributed by atoms with E-state index in [-0.39, 0.29) is 5.82 Å². The molecule has 0 aliphatic rings. The van der Waals surface area contributed by atoms with E-state index in [0.717, 1.165) is 10.3 Å². The van der Waals surface area contributed by atoms with Gasteiger partial charge >= 0.3 is 12.2 Å². The number of fused-ring (bicyclic) bond motifs is 1. The number of carbonyl (C=O) groups excluding carboxylic acids is 2. The largest absolute Gasteiger partial charge is 0.443 e. The molecule has 2 aromatic rings. The van der Waals surface area contributed by atoms with Crippen molar-refractivity contribution in [3.8, 4) is 0 Å². The number of carbonyl (C=O) groups is 2. The van der Waals surface area contributed by atoms with Crippen LogP contribution in [0.5, 0.6) is 0 Å². The van der Waals surface area contributed by atoms with E-state index < -0.39 is 23.4 Å². The Bertz CT molecular complexity index is 807. The lowest BCUT2D eigenvalue weighted by Gasteiger charge is -2.28. The number of amides is 2. The van der Waals surface area contributed by atoms with E-state index in [1.54, 1.807) is 71.9 Å². The van der Waals surface area contributed by atoms with Crippen molar-refractivity contribution in [3.05, 3.63) is 30.3 Å². The highest BCUT2D eigenvalue weighted by molar-refractivity contribution is 6.09. The van der Waals surface area contributed by atoms with E-state index in [0.29, 0.717) is 11.2 Å². The molecule has 0 saturated carbocycles. The molecule has 7 nitrogen and oxygen atoms in total. The fourth-order valence-corrected chi connectivity index (χ4v) is 2.13. The predicted octanol–water partition coefficient (Wildman–Crippen LogP) is 4.49. The van der Waals surface area contributed by atoms with Crippen LogP contribution in [0, 0.1) is 0 Å². The van der Waals surface area contributed by atoms with Crippen molar-refractivity contribution in [1.82, 2.24) is 4.98 Å². The summed E-state index contributed by atoms with van der Waals surface area (Å²) in [6, 6.07) is 8.46. The Balaban J connectivity index is 2.47. The summed E-state index contributed by atoms with van der Waals surface area (Å²) < 4.78 is 10.7. The van der Waals surface area contributed by atoms with E-state index in [2.05, 4.69) is 4.98 Å². The quantitative estimate of drug-likeness (QED) is 0.754. The standard InChI is InChI=1S/C19H25N3O4/c1-18(2,3)25-16(23)22(17(24)26-19(4,5)6)15-10-7-12-11-13(20)8-9-14(12)21-15/h7-11H,20H2,1-6H3. The normalized spacial score (nSPS) is 11.9. The first kappa shape index (κ1) is 19.5. The molecule has 2 rings (SSSR count). The number of nitrogens with two attached hydrogens (primary N) is 1.